The van der Waals surface area contributed by atoms with E-state index >= 15 is 0 Å². The molecule has 0 heterocycles. The quantitative estimate of drug-likeness (QED) is 0.364. The van der Waals surface area contributed by atoms with Crippen LogP contribution in [0.3, 0.4) is 0 Å². The topological polar surface area (TPSA) is 96.0 Å². The minimum Gasteiger partial charge on any atom is -0.497 e. The van der Waals surface area contributed by atoms with Gasteiger partial charge in [0.15, 0.2) is 0 Å². The van der Waals surface area contributed by atoms with E-state index < -0.39 is 28.5 Å². The SMILES string of the molecule is CCNC(=O)C(Cc1ccccc1)N(Cc1cccc(OC)c1)C(=O)CN(c1cccc(Cl)c1)S(C)(=O)=O. The van der Waals surface area contributed by atoms with Gasteiger partial charge in [-0.3, -0.25) is 13.9 Å². The fourth-order valence-electron chi connectivity index (χ4n) is 4.06. The Hall–Kier alpha value is -3.56. The van der Waals surface area contributed by atoms with Crippen LogP contribution in [0.5, 0.6) is 5.75 Å². The van der Waals surface area contributed by atoms with Crippen LogP contribution in [0.25, 0.3) is 0 Å². The van der Waals surface area contributed by atoms with Crippen molar-refractivity contribution in [3.8, 4) is 5.75 Å². The number of nitrogens with zero attached hydrogens (tertiary/aromatic N) is 2. The lowest BCUT2D eigenvalue weighted by atomic mass is 10.0. The van der Waals surface area contributed by atoms with E-state index in [1.807, 2.05) is 36.4 Å². The number of carbonyl (C=O) groups excluding carboxylic acids is 2. The molecular weight excluding hydrogens is 526 g/mol. The summed E-state index contributed by atoms with van der Waals surface area (Å²) in [6, 6.07) is 21.9. The maximum absolute atomic E-state index is 13.9. The second-order valence-electron chi connectivity index (χ2n) is 8.72. The van der Waals surface area contributed by atoms with Crippen molar-refractivity contribution in [2.75, 3.05) is 30.8 Å². The molecule has 3 aromatic carbocycles. The average molecular weight is 558 g/mol. The molecule has 1 atom stereocenters. The highest BCUT2D eigenvalue weighted by atomic mass is 35.5. The second kappa shape index (κ2) is 13.3. The standard InChI is InChI=1S/C28H32ClN3O5S/c1-4-30-28(34)26(17-21-10-6-5-7-11-21)31(19-22-12-8-15-25(16-22)37-2)27(33)20-32(38(3,35)36)24-14-9-13-23(29)18-24/h5-16,18,26H,4,17,19-20H2,1-3H3,(H,30,34). The summed E-state index contributed by atoms with van der Waals surface area (Å²) in [6.45, 7) is 1.74. The number of rotatable bonds is 12. The van der Waals surface area contributed by atoms with Crippen LogP contribution >= 0.6 is 11.6 Å². The Bertz CT molecular complexity index is 1350. The highest BCUT2D eigenvalue weighted by Gasteiger charge is 2.33. The van der Waals surface area contributed by atoms with Crippen molar-refractivity contribution in [2.24, 2.45) is 0 Å². The lowest BCUT2D eigenvalue weighted by Gasteiger charge is -2.33. The summed E-state index contributed by atoms with van der Waals surface area (Å²) in [5, 5.41) is 3.16. The molecule has 1 unspecified atom stereocenters. The number of hydrogen-bond donors (Lipinski definition) is 1. The van der Waals surface area contributed by atoms with Crippen LogP contribution in [0.4, 0.5) is 5.69 Å². The molecule has 0 saturated carbocycles. The molecule has 0 aliphatic carbocycles. The smallest absolute Gasteiger partial charge is 0.244 e. The van der Waals surface area contributed by atoms with E-state index in [9.17, 15) is 18.0 Å². The highest BCUT2D eigenvalue weighted by Crippen LogP contribution is 2.24. The van der Waals surface area contributed by atoms with Crippen molar-refractivity contribution in [1.82, 2.24) is 10.2 Å². The predicted molar refractivity (Wildman–Crippen MR) is 150 cm³/mol. The maximum Gasteiger partial charge on any atom is 0.244 e. The lowest BCUT2D eigenvalue weighted by Crippen LogP contribution is -2.53. The molecule has 0 fully saturated rings. The van der Waals surface area contributed by atoms with E-state index in [1.165, 1.54) is 11.0 Å². The van der Waals surface area contributed by atoms with Gasteiger partial charge in [0.05, 0.1) is 19.1 Å². The third-order valence-corrected chi connectivity index (χ3v) is 7.26. The van der Waals surface area contributed by atoms with E-state index in [0.717, 1.165) is 21.7 Å². The van der Waals surface area contributed by atoms with E-state index in [1.54, 1.807) is 50.4 Å². The number of amides is 2. The Labute approximate surface area is 229 Å². The fourth-order valence-corrected chi connectivity index (χ4v) is 5.08. The van der Waals surface area contributed by atoms with Crippen LogP contribution in [0, 0.1) is 0 Å². The molecule has 1 N–H and O–H groups in total. The molecule has 0 aliphatic rings. The molecule has 0 radical (unpaired) electrons. The number of nitrogens with one attached hydrogen (secondary N) is 1. The molecule has 0 aromatic heterocycles. The molecular formula is C28H32ClN3O5S. The van der Waals surface area contributed by atoms with Gasteiger partial charge in [-0.05, 0) is 48.4 Å². The number of ether oxygens (including phenoxy) is 1. The van der Waals surface area contributed by atoms with Gasteiger partial charge < -0.3 is 15.0 Å². The average Bonchev–Trinajstić information content (AvgIpc) is 2.89. The minimum absolute atomic E-state index is 0.0673. The van der Waals surface area contributed by atoms with Gasteiger partial charge in [-0.25, -0.2) is 8.42 Å². The zero-order valence-electron chi connectivity index (χ0n) is 21.6. The first-order valence-electron chi connectivity index (χ1n) is 12.1. The molecule has 3 aromatic rings. The van der Waals surface area contributed by atoms with Gasteiger partial charge in [-0.1, -0.05) is 60.1 Å². The number of sulfonamides is 1. The molecule has 0 bridgehead atoms. The van der Waals surface area contributed by atoms with Gasteiger partial charge in [0.2, 0.25) is 21.8 Å². The van der Waals surface area contributed by atoms with Crippen LogP contribution in [-0.2, 0) is 32.6 Å². The molecule has 0 spiro atoms. The first-order chi connectivity index (χ1) is 18.1. The van der Waals surface area contributed by atoms with Crippen molar-refractivity contribution >= 4 is 39.1 Å². The van der Waals surface area contributed by atoms with Gasteiger partial charge in [-0.2, -0.15) is 0 Å². The highest BCUT2D eigenvalue weighted by molar-refractivity contribution is 7.92. The van der Waals surface area contributed by atoms with Crippen molar-refractivity contribution < 1.29 is 22.7 Å². The lowest BCUT2D eigenvalue weighted by molar-refractivity contribution is -0.140. The van der Waals surface area contributed by atoms with E-state index in [-0.39, 0.29) is 24.6 Å². The van der Waals surface area contributed by atoms with Gasteiger partial charge in [0.25, 0.3) is 0 Å². The molecule has 10 heteroatoms. The van der Waals surface area contributed by atoms with Crippen molar-refractivity contribution in [3.05, 3.63) is 95.0 Å². The number of methoxy groups -OCH3 is 1. The summed E-state index contributed by atoms with van der Waals surface area (Å²) in [5.41, 5.74) is 1.85. The van der Waals surface area contributed by atoms with Gasteiger partial charge in [0.1, 0.15) is 18.3 Å². The molecule has 0 aliphatic heterocycles. The second-order valence-corrected chi connectivity index (χ2v) is 11.1. The predicted octanol–water partition coefficient (Wildman–Crippen LogP) is 3.89. The van der Waals surface area contributed by atoms with E-state index in [0.29, 0.717) is 17.3 Å². The molecule has 2 amide bonds. The number of carbonyl (C=O) groups is 2. The van der Waals surface area contributed by atoms with Crippen LogP contribution in [0.2, 0.25) is 5.02 Å². The Morgan fingerprint density at radius 3 is 2.29 bits per heavy atom. The number of anilines is 1. The maximum atomic E-state index is 13.9. The molecule has 0 saturated heterocycles. The Balaban J connectivity index is 2.05. The van der Waals surface area contributed by atoms with Crippen molar-refractivity contribution in [1.29, 1.82) is 0 Å². The number of benzene rings is 3. The molecule has 38 heavy (non-hydrogen) atoms. The first kappa shape index (κ1) is 29.0. The fraction of sp³-hybridized carbons (Fsp3) is 0.286. The van der Waals surface area contributed by atoms with Crippen LogP contribution < -0.4 is 14.4 Å². The summed E-state index contributed by atoms with van der Waals surface area (Å²) < 4.78 is 31.8. The van der Waals surface area contributed by atoms with Crippen molar-refractivity contribution in [2.45, 2.75) is 25.9 Å². The monoisotopic (exact) mass is 557 g/mol. The zero-order chi connectivity index (χ0) is 27.7. The van der Waals surface area contributed by atoms with Gasteiger partial charge in [-0.15, -0.1) is 0 Å². The zero-order valence-corrected chi connectivity index (χ0v) is 23.2. The van der Waals surface area contributed by atoms with Crippen LogP contribution in [0.15, 0.2) is 78.9 Å². The van der Waals surface area contributed by atoms with E-state index in [2.05, 4.69) is 5.32 Å². The van der Waals surface area contributed by atoms with Gasteiger partial charge >= 0.3 is 0 Å². The van der Waals surface area contributed by atoms with E-state index in [4.69, 9.17) is 16.3 Å². The molecule has 3 rings (SSSR count). The normalized spacial score (nSPS) is 11.9. The summed E-state index contributed by atoms with van der Waals surface area (Å²) in [6.07, 6.45) is 1.28. The molecule has 202 valence electrons. The third kappa shape index (κ3) is 7.97. The largest absolute Gasteiger partial charge is 0.497 e. The minimum atomic E-state index is -3.86. The molecule has 8 nitrogen and oxygen atoms in total. The Morgan fingerprint density at radius 2 is 1.66 bits per heavy atom. The Kier molecular flexibility index (Phi) is 10.2. The van der Waals surface area contributed by atoms with Crippen LogP contribution in [-0.4, -0.2) is 57.6 Å². The summed E-state index contributed by atoms with van der Waals surface area (Å²) >= 11 is 6.11. The summed E-state index contributed by atoms with van der Waals surface area (Å²) in [7, 11) is -2.31. The summed E-state index contributed by atoms with van der Waals surface area (Å²) in [5.74, 6) is -0.268. The Morgan fingerprint density at radius 1 is 0.974 bits per heavy atom. The van der Waals surface area contributed by atoms with Gasteiger partial charge in [0, 0.05) is 24.5 Å². The third-order valence-electron chi connectivity index (χ3n) is 5.88. The van der Waals surface area contributed by atoms with Crippen LogP contribution in [0.1, 0.15) is 18.1 Å². The number of hydrogen-bond acceptors (Lipinski definition) is 5. The number of halogens is 1. The summed E-state index contributed by atoms with van der Waals surface area (Å²) in [4.78, 5) is 28.7. The first-order valence-corrected chi connectivity index (χ1v) is 14.3. The number of likely N-dealkylation sites (N-methyl/N-ethyl adjacent to an activating group) is 1. The van der Waals surface area contributed by atoms with Crippen molar-refractivity contribution in [3.63, 3.8) is 0 Å².